The van der Waals surface area contributed by atoms with Gasteiger partial charge >= 0.3 is 0 Å². The summed E-state index contributed by atoms with van der Waals surface area (Å²) in [6, 6.07) is 4.65. The molecule has 0 saturated heterocycles. The Labute approximate surface area is 114 Å². The van der Waals surface area contributed by atoms with Crippen molar-refractivity contribution in [2.75, 3.05) is 13.1 Å². The van der Waals surface area contributed by atoms with Crippen LogP contribution in [0, 0.1) is 0 Å². The Morgan fingerprint density at radius 3 is 2.50 bits per heavy atom. The summed E-state index contributed by atoms with van der Waals surface area (Å²) in [5.74, 6) is 0. The van der Waals surface area contributed by atoms with E-state index in [0.29, 0.717) is 23.7 Å². The minimum absolute atomic E-state index is 0.224. The van der Waals surface area contributed by atoms with Crippen molar-refractivity contribution in [1.29, 1.82) is 0 Å². The first-order valence-electron chi connectivity index (χ1n) is 5.96. The number of hydrogen-bond acceptors (Lipinski definition) is 3. The zero-order chi connectivity index (χ0) is 13.8. The van der Waals surface area contributed by atoms with Crippen LogP contribution in [0.25, 0.3) is 0 Å². The maximum absolute atomic E-state index is 12.4. The zero-order valence-electron chi connectivity index (χ0n) is 10.7. The first-order chi connectivity index (χ1) is 8.47. The van der Waals surface area contributed by atoms with Crippen molar-refractivity contribution in [2.45, 2.75) is 31.7 Å². The van der Waals surface area contributed by atoms with Crippen molar-refractivity contribution < 1.29 is 8.42 Å². The van der Waals surface area contributed by atoms with Gasteiger partial charge in [0.1, 0.15) is 0 Å². The molecule has 0 unspecified atom stereocenters. The molecule has 0 aliphatic carbocycles. The van der Waals surface area contributed by atoms with E-state index >= 15 is 0 Å². The highest BCUT2D eigenvalue weighted by molar-refractivity contribution is 7.89. The average Bonchev–Trinajstić information content (AvgIpc) is 2.35. The van der Waals surface area contributed by atoms with Crippen LogP contribution >= 0.6 is 11.6 Å². The molecule has 6 heteroatoms. The van der Waals surface area contributed by atoms with Gasteiger partial charge in [0.15, 0.2) is 0 Å². The quantitative estimate of drug-likeness (QED) is 0.874. The van der Waals surface area contributed by atoms with Gasteiger partial charge in [-0.1, -0.05) is 25.4 Å². The summed E-state index contributed by atoms with van der Waals surface area (Å²) in [7, 11) is -3.44. The molecule has 0 spiro atoms. The van der Waals surface area contributed by atoms with Crippen molar-refractivity contribution in [3.05, 3.63) is 28.8 Å². The van der Waals surface area contributed by atoms with E-state index in [4.69, 9.17) is 17.3 Å². The molecule has 0 aliphatic rings. The Balaban J connectivity index is 3.19. The van der Waals surface area contributed by atoms with Gasteiger partial charge in [-0.2, -0.15) is 4.31 Å². The topological polar surface area (TPSA) is 63.4 Å². The lowest BCUT2D eigenvalue weighted by Gasteiger charge is -2.20. The van der Waals surface area contributed by atoms with Crippen LogP contribution < -0.4 is 5.73 Å². The monoisotopic (exact) mass is 290 g/mol. The van der Waals surface area contributed by atoms with Crippen molar-refractivity contribution in [3.8, 4) is 0 Å². The van der Waals surface area contributed by atoms with Crippen LogP contribution in [0.2, 0.25) is 5.02 Å². The predicted octanol–water partition coefficient (Wildman–Crippen LogP) is 2.22. The highest BCUT2D eigenvalue weighted by Gasteiger charge is 2.22. The van der Waals surface area contributed by atoms with Crippen molar-refractivity contribution in [2.24, 2.45) is 5.73 Å². The van der Waals surface area contributed by atoms with Gasteiger partial charge in [0.2, 0.25) is 10.0 Å². The largest absolute Gasteiger partial charge is 0.326 e. The minimum Gasteiger partial charge on any atom is -0.326 e. The first kappa shape index (κ1) is 15.4. The predicted molar refractivity (Wildman–Crippen MR) is 74.1 cm³/mol. The van der Waals surface area contributed by atoms with Crippen LogP contribution in [0.3, 0.4) is 0 Å². The normalized spacial score (nSPS) is 12.1. The summed E-state index contributed by atoms with van der Waals surface area (Å²) in [5, 5.41) is 0.495. The van der Waals surface area contributed by atoms with E-state index in [1.807, 2.05) is 13.8 Å². The van der Waals surface area contributed by atoms with E-state index in [9.17, 15) is 8.42 Å². The lowest BCUT2D eigenvalue weighted by atomic mass is 10.2. The SMILES string of the molecule is CCCN(CC)S(=O)(=O)c1ccc(Cl)c(CN)c1. The number of benzene rings is 1. The van der Waals surface area contributed by atoms with E-state index in [1.165, 1.54) is 10.4 Å². The Hall–Kier alpha value is -0.620. The molecular weight excluding hydrogens is 272 g/mol. The van der Waals surface area contributed by atoms with Crippen molar-refractivity contribution in [1.82, 2.24) is 4.31 Å². The van der Waals surface area contributed by atoms with Crippen LogP contribution in [0.5, 0.6) is 0 Å². The van der Waals surface area contributed by atoms with Gasteiger partial charge < -0.3 is 5.73 Å². The maximum Gasteiger partial charge on any atom is 0.243 e. The Bertz CT molecular complexity index is 503. The molecule has 0 saturated carbocycles. The maximum atomic E-state index is 12.4. The summed E-state index contributed by atoms with van der Waals surface area (Å²) in [6.07, 6.45) is 0.782. The molecule has 1 aromatic carbocycles. The lowest BCUT2D eigenvalue weighted by Crippen LogP contribution is -2.31. The van der Waals surface area contributed by atoms with Gasteiger partial charge in [0.05, 0.1) is 4.90 Å². The average molecular weight is 291 g/mol. The van der Waals surface area contributed by atoms with E-state index in [1.54, 1.807) is 12.1 Å². The molecule has 0 aromatic heterocycles. The highest BCUT2D eigenvalue weighted by Crippen LogP contribution is 2.22. The molecule has 2 N–H and O–H groups in total. The van der Waals surface area contributed by atoms with Gasteiger partial charge in [-0.15, -0.1) is 0 Å². The lowest BCUT2D eigenvalue weighted by molar-refractivity contribution is 0.427. The van der Waals surface area contributed by atoms with Gasteiger partial charge in [-0.25, -0.2) is 8.42 Å². The summed E-state index contributed by atoms with van der Waals surface area (Å²) in [5.41, 5.74) is 6.18. The number of sulfonamides is 1. The number of halogens is 1. The van der Waals surface area contributed by atoms with Crippen LogP contribution in [0.1, 0.15) is 25.8 Å². The van der Waals surface area contributed by atoms with E-state index in [0.717, 1.165) is 6.42 Å². The highest BCUT2D eigenvalue weighted by atomic mass is 35.5. The Kier molecular flexibility index (Phi) is 5.59. The fourth-order valence-electron chi connectivity index (χ4n) is 1.71. The van der Waals surface area contributed by atoms with Gasteiger partial charge in [0.25, 0.3) is 0 Å². The smallest absolute Gasteiger partial charge is 0.243 e. The fraction of sp³-hybridized carbons (Fsp3) is 0.500. The van der Waals surface area contributed by atoms with Gasteiger partial charge in [-0.05, 0) is 30.2 Å². The molecule has 0 amide bonds. The van der Waals surface area contributed by atoms with E-state index in [-0.39, 0.29) is 11.4 Å². The standard InChI is InChI=1S/C12H19ClN2O2S/c1-3-7-15(4-2)18(16,17)11-5-6-12(13)10(8-11)9-14/h5-6,8H,3-4,7,9,14H2,1-2H3. The molecule has 1 rings (SSSR count). The first-order valence-corrected chi connectivity index (χ1v) is 7.77. The molecule has 102 valence electrons. The van der Waals surface area contributed by atoms with Crippen LogP contribution in [0.4, 0.5) is 0 Å². The molecule has 0 heterocycles. The second-order valence-corrected chi connectivity index (χ2v) is 6.30. The summed E-state index contributed by atoms with van der Waals surface area (Å²) < 4.78 is 26.2. The van der Waals surface area contributed by atoms with E-state index < -0.39 is 10.0 Å². The summed E-state index contributed by atoms with van der Waals surface area (Å²) in [6.45, 7) is 4.97. The third-order valence-electron chi connectivity index (χ3n) is 2.70. The summed E-state index contributed by atoms with van der Waals surface area (Å²) >= 11 is 5.93. The number of rotatable bonds is 6. The molecule has 18 heavy (non-hydrogen) atoms. The molecule has 4 nitrogen and oxygen atoms in total. The Morgan fingerprint density at radius 1 is 1.33 bits per heavy atom. The second-order valence-electron chi connectivity index (χ2n) is 3.95. The number of nitrogens with two attached hydrogens (primary N) is 1. The summed E-state index contributed by atoms with van der Waals surface area (Å²) in [4.78, 5) is 0.252. The minimum atomic E-state index is -3.44. The third kappa shape index (κ3) is 3.23. The van der Waals surface area contributed by atoms with Crippen molar-refractivity contribution >= 4 is 21.6 Å². The second kappa shape index (κ2) is 6.52. The molecule has 0 bridgehead atoms. The van der Waals surface area contributed by atoms with E-state index in [2.05, 4.69) is 0 Å². The van der Waals surface area contributed by atoms with Gasteiger partial charge in [-0.3, -0.25) is 0 Å². The molecule has 0 fully saturated rings. The molecule has 0 radical (unpaired) electrons. The third-order valence-corrected chi connectivity index (χ3v) is 5.04. The van der Waals surface area contributed by atoms with Crippen molar-refractivity contribution in [3.63, 3.8) is 0 Å². The van der Waals surface area contributed by atoms with Crippen LogP contribution in [0.15, 0.2) is 23.1 Å². The van der Waals surface area contributed by atoms with Crippen LogP contribution in [-0.4, -0.2) is 25.8 Å². The number of nitrogens with zero attached hydrogens (tertiary/aromatic N) is 1. The fourth-order valence-corrected chi connectivity index (χ4v) is 3.50. The molecular formula is C12H19ClN2O2S. The molecule has 0 atom stereocenters. The Morgan fingerprint density at radius 2 is 2.00 bits per heavy atom. The molecule has 0 aliphatic heterocycles. The molecule has 1 aromatic rings. The number of hydrogen-bond donors (Lipinski definition) is 1. The van der Waals surface area contributed by atoms with Crippen LogP contribution in [-0.2, 0) is 16.6 Å². The zero-order valence-corrected chi connectivity index (χ0v) is 12.3. The van der Waals surface area contributed by atoms with Gasteiger partial charge in [0, 0.05) is 24.7 Å².